The zero-order chi connectivity index (χ0) is 22.7. The zero-order valence-electron chi connectivity index (χ0n) is 19.7. The lowest BCUT2D eigenvalue weighted by molar-refractivity contribution is -0.930. The number of quaternary nitrogens is 1. The Morgan fingerprint density at radius 1 is 0.933 bits per heavy atom. The number of carbonyl (C=O) groups is 3. The van der Waals surface area contributed by atoms with E-state index >= 15 is 0 Å². The fraction of sp³-hybridized carbons (Fsp3) is 0.864. The van der Waals surface area contributed by atoms with Crippen LogP contribution in [0.2, 0.25) is 0 Å². The molecule has 0 unspecified atom stereocenters. The monoisotopic (exact) mass is 427 g/mol. The lowest BCUT2D eigenvalue weighted by atomic mass is 9.91. The van der Waals surface area contributed by atoms with Crippen molar-refractivity contribution >= 4 is 18.0 Å². The molecular formula is C22H39N2O6+. The molecule has 8 heteroatoms. The molecule has 0 aromatic heterocycles. The molecule has 0 atom stereocenters. The first-order valence-corrected chi connectivity index (χ1v) is 10.8. The van der Waals surface area contributed by atoms with E-state index in [1.807, 2.05) is 41.5 Å². The van der Waals surface area contributed by atoms with Gasteiger partial charge in [0, 0.05) is 31.8 Å². The third-order valence-corrected chi connectivity index (χ3v) is 5.58. The van der Waals surface area contributed by atoms with E-state index in [1.54, 1.807) is 4.90 Å². The van der Waals surface area contributed by atoms with Crippen molar-refractivity contribution in [1.29, 1.82) is 0 Å². The first kappa shape index (κ1) is 24.4. The van der Waals surface area contributed by atoms with Crippen molar-refractivity contribution in [3.63, 3.8) is 0 Å². The molecule has 0 radical (unpaired) electrons. The van der Waals surface area contributed by atoms with E-state index in [9.17, 15) is 14.4 Å². The van der Waals surface area contributed by atoms with Crippen molar-refractivity contribution in [2.45, 2.75) is 65.6 Å². The summed E-state index contributed by atoms with van der Waals surface area (Å²) in [4.78, 5) is 38.5. The Bertz CT molecular complexity index is 635. The van der Waals surface area contributed by atoms with Crippen LogP contribution in [0.15, 0.2) is 0 Å². The molecule has 2 aliphatic heterocycles. The number of rotatable bonds is 5. The number of piperidine rings is 1. The van der Waals surface area contributed by atoms with Crippen LogP contribution in [0.4, 0.5) is 4.79 Å². The fourth-order valence-corrected chi connectivity index (χ4v) is 4.28. The number of carbonyl (C=O) groups excluding carboxylic acids is 3. The van der Waals surface area contributed by atoms with Gasteiger partial charge in [0.2, 0.25) is 0 Å². The molecule has 0 aromatic rings. The SMILES string of the molecule is COC(=O)C1CC[N+](CC(=O)OC(C)(C)C)(CC2CN(C(=O)OC(C)(C)C)C2)CC1. The highest BCUT2D eigenvalue weighted by Gasteiger charge is 2.44. The summed E-state index contributed by atoms with van der Waals surface area (Å²) >= 11 is 0. The molecule has 2 rings (SSSR count). The highest BCUT2D eigenvalue weighted by Crippen LogP contribution is 2.30. The van der Waals surface area contributed by atoms with Crippen molar-refractivity contribution in [2.24, 2.45) is 11.8 Å². The van der Waals surface area contributed by atoms with E-state index < -0.39 is 11.2 Å². The van der Waals surface area contributed by atoms with Gasteiger partial charge < -0.3 is 23.6 Å². The van der Waals surface area contributed by atoms with Crippen LogP contribution >= 0.6 is 0 Å². The minimum atomic E-state index is -0.532. The van der Waals surface area contributed by atoms with Gasteiger partial charge in [-0.25, -0.2) is 9.59 Å². The van der Waals surface area contributed by atoms with Gasteiger partial charge in [-0.2, -0.15) is 0 Å². The van der Waals surface area contributed by atoms with Gasteiger partial charge in [-0.3, -0.25) is 4.79 Å². The quantitative estimate of drug-likeness (QED) is 0.381. The molecule has 2 heterocycles. The third kappa shape index (κ3) is 7.15. The highest BCUT2D eigenvalue weighted by molar-refractivity contribution is 5.72. The summed E-state index contributed by atoms with van der Waals surface area (Å²) in [6.45, 7) is 14.9. The molecule has 30 heavy (non-hydrogen) atoms. The average molecular weight is 428 g/mol. The standard InChI is InChI=1S/C22H39N2O6/c1-21(2,3)29-18(25)15-24(10-8-17(9-11-24)19(26)28-7)14-16-12-23(13-16)20(27)30-22(4,5)6/h16-17H,8-15H2,1-7H3/q+1. The number of hydrogen-bond acceptors (Lipinski definition) is 6. The summed E-state index contributed by atoms with van der Waals surface area (Å²) in [6.07, 6.45) is 1.09. The van der Waals surface area contributed by atoms with E-state index in [-0.39, 0.29) is 30.5 Å². The van der Waals surface area contributed by atoms with Crippen LogP contribution in [0.1, 0.15) is 54.4 Å². The number of methoxy groups -OCH3 is 1. The Morgan fingerprint density at radius 2 is 1.47 bits per heavy atom. The molecule has 2 saturated heterocycles. The van der Waals surface area contributed by atoms with Gasteiger partial charge in [-0.1, -0.05) is 0 Å². The van der Waals surface area contributed by atoms with Crippen LogP contribution in [-0.2, 0) is 23.8 Å². The molecule has 0 saturated carbocycles. The molecule has 1 amide bonds. The summed E-state index contributed by atoms with van der Waals surface area (Å²) in [5, 5.41) is 0. The Labute approximate surface area is 180 Å². The van der Waals surface area contributed by atoms with Crippen LogP contribution in [0.3, 0.4) is 0 Å². The Hall–Kier alpha value is -1.83. The van der Waals surface area contributed by atoms with E-state index in [1.165, 1.54) is 7.11 Å². The predicted molar refractivity (Wildman–Crippen MR) is 112 cm³/mol. The van der Waals surface area contributed by atoms with Gasteiger partial charge in [0.15, 0.2) is 6.54 Å². The van der Waals surface area contributed by atoms with Gasteiger partial charge in [0.05, 0.1) is 32.7 Å². The first-order valence-electron chi connectivity index (χ1n) is 10.8. The molecule has 0 aromatic carbocycles. The van der Waals surface area contributed by atoms with Crippen molar-refractivity contribution in [1.82, 2.24) is 4.90 Å². The topological polar surface area (TPSA) is 82.1 Å². The maximum atomic E-state index is 12.6. The third-order valence-electron chi connectivity index (χ3n) is 5.58. The van der Waals surface area contributed by atoms with E-state index in [4.69, 9.17) is 14.2 Å². The van der Waals surface area contributed by atoms with E-state index in [2.05, 4.69) is 0 Å². The lowest BCUT2D eigenvalue weighted by Gasteiger charge is -2.48. The number of nitrogens with zero attached hydrogens (tertiary/aromatic N) is 2. The Morgan fingerprint density at radius 3 is 1.93 bits per heavy atom. The second-order valence-corrected chi connectivity index (χ2v) is 10.8. The van der Waals surface area contributed by atoms with Crippen LogP contribution < -0.4 is 0 Å². The summed E-state index contributed by atoms with van der Waals surface area (Å²) in [6, 6.07) is 0. The zero-order valence-corrected chi connectivity index (χ0v) is 19.7. The van der Waals surface area contributed by atoms with Gasteiger partial charge in [0.25, 0.3) is 0 Å². The molecule has 0 N–H and O–H groups in total. The van der Waals surface area contributed by atoms with E-state index in [0.29, 0.717) is 36.3 Å². The van der Waals surface area contributed by atoms with Crippen LogP contribution in [-0.4, -0.2) is 85.0 Å². The van der Waals surface area contributed by atoms with Crippen molar-refractivity contribution in [3.05, 3.63) is 0 Å². The van der Waals surface area contributed by atoms with Gasteiger partial charge in [-0.05, 0) is 41.5 Å². The summed E-state index contributed by atoms with van der Waals surface area (Å²) in [5.41, 5.74) is -1.04. The number of esters is 2. The summed E-state index contributed by atoms with van der Waals surface area (Å²) < 4.78 is 16.5. The molecule has 8 nitrogen and oxygen atoms in total. The van der Waals surface area contributed by atoms with Gasteiger partial charge >= 0.3 is 18.0 Å². The van der Waals surface area contributed by atoms with Crippen molar-refractivity contribution in [3.8, 4) is 0 Å². The van der Waals surface area contributed by atoms with Crippen LogP contribution in [0.5, 0.6) is 0 Å². The van der Waals surface area contributed by atoms with Crippen LogP contribution in [0.25, 0.3) is 0 Å². The molecule has 2 fully saturated rings. The van der Waals surface area contributed by atoms with Crippen molar-refractivity contribution < 1.29 is 33.1 Å². The lowest BCUT2D eigenvalue weighted by Crippen LogP contribution is -2.63. The van der Waals surface area contributed by atoms with Gasteiger partial charge in [-0.15, -0.1) is 0 Å². The number of amides is 1. The molecule has 172 valence electrons. The van der Waals surface area contributed by atoms with Crippen LogP contribution in [0, 0.1) is 11.8 Å². The molecule has 0 bridgehead atoms. The Balaban J connectivity index is 1.99. The smallest absolute Gasteiger partial charge is 0.410 e. The fourth-order valence-electron chi connectivity index (χ4n) is 4.28. The number of hydrogen-bond donors (Lipinski definition) is 0. The molecule has 2 aliphatic rings. The second kappa shape index (κ2) is 9.12. The summed E-state index contributed by atoms with van der Waals surface area (Å²) in [5.74, 6) is -0.207. The average Bonchev–Trinajstić information content (AvgIpc) is 2.54. The largest absolute Gasteiger partial charge is 0.469 e. The number of ether oxygens (including phenoxy) is 3. The Kier molecular flexibility index (Phi) is 7.43. The predicted octanol–water partition coefficient (Wildman–Crippen LogP) is 2.59. The molecule has 0 spiro atoms. The molecule has 0 aliphatic carbocycles. The molecular weight excluding hydrogens is 388 g/mol. The first-order chi connectivity index (χ1) is 13.7. The number of likely N-dealkylation sites (tertiary alicyclic amines) is 2. The summed E-state index contributed by atoms with van der Waals surface area (Å²) in [7, 11) is 1.42. The second-order valence-electron chi connectivity index (χ2n) is 10.8. The van der Waals surface area contributed by atoms with E-state index in [0.717, 1.165) is 19.6 Å². The van der Waals surface area contributed by atoms with Crippen molar-refractivity contribution in [2.75, 3.05) is 46.4 Å². The maximum Gasteiger partial charge on any atom is 0.410 e. The minimum Gasteiger partial charge on any atom is -0.469 e. The maximum absolute atomic E-state index is 12.6. The normalized spacial score (nSPS) is 25.3. The minimum absolute atomic E-state index is 0.112. The van der Waals surface area contributed by atoms with Gasteiger partial charge in [0.1, 0.15) is 11.2 Å². The highest BCUT2D eigenvalue weighted by atomic mass is 16.6.